The second-order valence-electron chi connectivity index (χ2n) is 8.91. The van der Waals surface area contributed by atoms with Crippen molar-refractivity contribution < 1.29 is 17.9 Å². The van der Waals surface area contributed by atoms with E-state index in [1.54, 1.807) is 26.1 Å². The minimum absolute atomic E-state index is 0.420. The molecule has 6 heteroatoms. The number of hydrogen-bond donors (Lipinski definition) is 0. The lowest BCUT2D eigenvalue weighted by molar-refractivity contribution is -0.134. The number of carbonyl (C=O) groups is 1. The van der Waals surface area contributed by atoms with Crippen LogP contribution < -0.4 is 0 Å². The van der Waals surface area contributed by atoms with E-state index in [0.717, 1.165) is 38.7 Å². The molecule has 3 aromatic carbocycles. The number of aromatic nitrogens is 1. The molecule has 35 heavy (non-hydrogen) atoms. The third-order valence-electron chi connectivity index (χ3n) is 6.37. The minimum Gasteiger partial charge on any atom is -0.466 e. The standard InChI is InChI=1S/C29H27NO4S/c1-29(2,35(4,32)33)24-18-23-12-8-16-30-28(23)26(19-24)22-11-7-10-21(17-22)25-13-6-5-9-20(25)14-15-27(31)34-3/h5-19H,1-4H3/b15-14+. The normalized spacial score (nSPS) is 12.2. The second kappa shape index (κ2) is 9.47. The molecule has 0 saturated heterocycles. The van der Waals surface area contributed by atoms with E-state index in [1.165, 1.54) is 19.4 Å². The largest absolute Gasteiger partial charge is 0.466 e. The lowest BCUT2D eigenvalue weighted by atomic mass is 9.91. The number of carbonyl (C=O) groups excluding carboxylic acids is 1. The lowest BCUT2D eigenvalue weighted by Crippen LogP contribution is -2.28. The molecule has 5 nitrogen and oxygen atoms in total. The van der Waals surface area contributed by atoms with Gasteiger partial charge in [0, 0.05) is 29.5 Å². The van der Waals surface area contributed by atoms with Gasteiger partial charge in [0.2, 0.25) is 0 Å². The summed E-state index contributed by atoms with van der Waals surface area (Å²) in [6.07, 6.45) is 6.14. The molecule has 0 radical (unpaired) electrons. The fraction of sp³-hybridized carbons (Fsp3) is 0.172. The first-order valence-electron chi connectivity index (χ1n) is 11.2. The van der Waals surface area contributed by atoms with Crippen molar-refractivity contribution >= 4 is 32.8 Å². The number of hydrogen-bond acceptors (Lipinski definition) is 5. The van der Waals surface area contributed by atoms with E-state index in [-0.39, 0.29) is 0 Å². The van der Waals surface area contributed by atoms with Gasteiger partial charge in [-0.1, -0.05) is 48.5 Å². The highest BCUT2D eigenvalue weighted by molar-refractivity contribution is 7.91. The monoisotopic (exact) mass is 485 g/mol. The number of methoxy groups -OCH3 is 1. The summed E-state index contributed by atoms with van der Waals surface area (Å²) in [5.41, 5.74) is 6.09. The molecule has 0 amide bonds. The summed E-state index contributed by atoms with van der Waals surface area (Å²) in [6.45, 7) is 3.45. The maximum atomic E-state index is 12.6. The quantitative estimate of drug-likeness (QED) is 0.246. The van der Waals surface area contributed by atoms with E-state index in [0.29, 0.717) is 5.56 Å². The zero-order valence-corrected chi connectivity index (χ0v) is 21.0. The molecule has 0 saturated carbocycles. The predicted octanol–water partition coefficient (Wildman–Crippen LogP) is 6.03. The Morgan fingerprint density at radius 1 is 0.914 bits per heavy atom. The first-order chi connectivity index (χ1) is 16.6. The van der Waals surface area contributed by atoms with Crippen molar-refractivity contribution in [1.29, 1.82) is 0 Å². The van der Waals surface area contributed by atoms with Crippen LogP contribution >= 0.6 is 0 Å². The summed E-state index contributed by atoms with van der Waals surface area (Å²) in [5.74, 6) is -0.420. The van der Waals surface area contributed by atoms with Crippen LogP contribution in [0.4, 0.5) is 0 Å². The van der Waals surface area contributed by atoms with Gasteiger partial charge in [-0.15, -0.1) is 0 Å². The van der Waals surface area contributed by atoms with Crippen molar-refractivity contribution in [2.45, 2.75) is 18.6 Å². The summed E-state index contributed by atoms with van der Waals surface area (Å²) in [5, 5.41) is 0.878. The van der Waals surface area contributed by atoms with Crippen LogP contribution in [0, 0.1) is 0 Å². The molecule has 4 rings (SSSR count). The molecule has 0 spiro atoms. The Hall–Kier alpha value is -3.77. The van der Waals surface area contributed by atoms with Crippen molar-refractivity contribution in [1.82, 2.24) is 4.98 Å². The van der Waals surface area contributed by atoms with Crippen LogP contribution in [-0.2, 0) is 24.1 Å². The van der Waals surface area contributed by atoms with E-state index < -0.39 is 20.6 Å². The van der Waals surface area contributed by atoms with Crippen molar-refractivity contribution in [2.75, 3.05) is 13.4 Å². The van der Waals surface area contributed by atoms with Gasteiger partial charge < -0.3 is 4.74 Å². The van der Waals surface area contributed by atoms with Crippen molar-refractivity contribution in [3.63, 3.8) is 0 Å². The summed E-state index contributed by atoms with van der Waals surface area (Å²) < 4.78 is 28.8. The van der Waals surface area contributed by atoms with E-state index in [1.807, 2.05) is 66.7 Å². The SMILES string of the molecule is COC(=O)/C=C/c1ccccc1-c1cccc(-c2cc(C(C)(C)S(C)(=O)=O)cc3cccnc23)c1. The van der Waals surface area contributed by atoms with Crippen molar-refractivity contribution in [2.24, 2.45) is 0 Å². The Bertz CT molecular complexity index is 1550. The third kappa shape index (κ3) is 4.88. The minimum atomic E-state index is -3.36. The molecule has 1 aromatic heterocycles. The molecule has 0 aliphatic heterocycles. The molecule has 1 heterocycles. The number of rotatable bonds is 6. The molecule has 0 fully saturated rings. The van der Waals surface area contributed by atoms with Gasteiger partial charge in [-0.3, -0.25) is 4.98 Å². The Balaban J connectivity index is 1.90. The van der Waals surface area contributed by atoms with Gasteiger partial charge in [-0.25, -0.2) is 13.2 Å². The number of sulfone groups is 1. The van der Waals surface area contributed by atoms with Gasteiger partial charge in [0.05, 0.1) is 17.4 Å². The van der Waals surface area contributed by atoms with E-state index in [4.69, 9.17) is 4.74 Å². The zero-order valence-electron chi connectivity index (χ0n) is 20.1. The number of benzene rings is 3. The maximum absolute atomic E-state index is 12.6. The van der Waals surface area contributed by atoms with E-state index >= 15 is 0 Å². The predicted molar refractivity (Wildman–Crippen MR) is 142 cm³/mol. The number of nitrogens with zero attached hydrogens (tertiary/aromatic N) is 1. The van der Waals surface area contributed by atoms with Gasteiger partial charge in [0.25, 0.3) is 0 Å². The zero-order chi connectivity index (χ0) is 25.2. The van der Waals surface area contributed by atoms with Gasteiger partial charge in [0.15, 0.2) is 9.84 Å². The van der Waals surface area contributed by atoms with Crippen LogP contribution in [0.2, 0.25) is 0 Å². The molecular weight excluding hydrogens is 458 g/mol. The topological polar surface area (TPSA) is 73.3 Å². The summed E-state index contributed by atoms with van der Waals surface area (Å²) in [7, 11) is -2.01. The first-order valence-corrected chi connectivity index (χ1v) is 13.1. The highest BCUT2D eigenvalue weighted by atomic mass is 32.2. The van der Waals surface area contributed by atoms with Gasteiger partial charge in [-0.05, 0) is 72.0 Å². The van der Waals surface area contributed by atoms with Crippen LogP contribution in [0.25, 0.3) is 39.2 Å². The smallest absolute Gasteiger partial charge is 0.330 e. The van der Waals surface area contributed by atoms with E-state index in [9.17, 15) is 13.2 Å². The first kappa shape index (κ1) is 24.4. The van der Waals surface area contributed by atoms with Crippen LogP contribution in [0.1, 0.15) is 25.0 Å². The average Bonchev–Trinajstić information content (AvgIpc) is 2.86. The fourth-order valence-corrected chi connectivity index (χ4v) is 4.51. The molecule has 0 bridgehead atoms. The molecule has 0 aliphatic rings. The Kier molecular flexibility index (Phi) is 6.59. The van der Waals surface area contributed by atoms with Crippen LogP contribution in [-0.4, -0.2) is 32.7 Å². The van der Waals surface area contributed by atoms with E-state index in [2.05, 4.69) is 11.1 Å². The highest BCUT2D eigenvalue weighted by Gasteiger charge is 2.33. The highest BCUT2D eigenvalue weighted by Crippen LogP contribution is 2.37. The summed E-state index contributed by atoms with van der Waals surface area (Å²) >= 11 is 0. The number of esters is 1. The molecule has 4 aromatic rings. The van der Waals surface area contributed by atoms with Gasteiger partial charge in [-0.2, -0.15) is 0 Å². The Morgan fingerprint density at radius 3 is 2.34 bits per heavy atom. The fourth-order valence-electron chi connectivity index (χ4n) is 3.96. The molecule has 0 unspecified atom stereocenters. The number of fused-ring (bicyclic) bond motifs is 1. The molecule has 0 aliphatic carbocycles. The molecule has 0 atom stereocenters. The van der Waals surface area contributed by atoms with Crippen LogP contribution in [0.15, 0.2) is 85.1 Å². The Labute approximate surface area is 206 Å². The third-order valence-corrected chi connectivity index (χ3v) is 8.46. The lowest BCUT2D eigenvalue weighted by Gasteiger charge is -2.24. The van der Waals surface area contributed by atoms with Crippen LogP contribution in [0.5, 0.6) is 0 Å². The maximum Gasteiger partial charge on any atom is 0.330 e. The summed E-state index contributed by atoms with van der Waals surface area (Å²) in [6, 6.07) is 23.5. The molecule has 0 N–H and O–H groups in total. The van der Waals surface area contributed by atoms with Gasteiger partial charge in [0.1, 0.15) is 0 Å². The summed E-state index contributed by atoms with van der Waals surface area (Å²) in [4.78, 5) is 16.2. The second-order valence-corrected chi connectivity index (χ2v) is 11.5. The van der Waals surface area contributed by atoms with Crippen LogP contribution in [0.3, 0.4) is 0 Å². The molecule has 178 valence electrons. The van der Waals surface area contributed by atoms with Gasteiger partial charge >= 0.3 is 5.97 Å². The van der Waals surface area contributed by atoms with Crippen molar-refractivity contribution in [3.05, 3.63) is 96.2 Å². The number of pyridine rings is 1. The van der Waals surface area contributed by atoms with Crippen molar-refractivity contribution in [3.8, 4) is 22.3 Å². The Morgan fingerprint density at radius 2 is 1.63 bits per heavy atom. The average molecular weight is 486 g/mol. The number of ether oxygens (including phenoxy) is 1. The molecular formula is C29H27NO4S.